The van der Waals surface area contributed by atoms with Crippen molar-refractivity contribution < 1.29 is 9.18 Å². The Labute approximate surface area is 161 Å². The Balaban J connectivity index is 1.40. The van der Waals surface area contributed by atoms with Gasteiger partial charge in [-0.3, -0.25) is 14.9 Å². The van der Waals surface area contributed by atoms with Crippen molar-refractivity contribution in [3.63, 3.8) is 0 Å². The number of carbonyl (C=O) groups excluding carboxylic acids is 1. The van der Waals surface area contributed by atoms with Gasteiger partial charge in [0.25, 0.3) is 5.91 Å². The van der Waals surface area contributed by atoms with Crippen LogP contribution in [0.15, 0.2) is 36.5 Å². The summed E-state index contributed by atoms with van der Waals surface area (Å²) in [5, 5.41) is 10.1. The Morgan fingerprint density at radius 2 is 1.96 bits per heavy atom. The Kier molecular flexibility index (Phi) is 4.04. The third-order valence-corrected chi connectivity index (χ3v) is 5.46. The zero-order valence-corrected chi connectivity index (χ0v) is 15.3. The van der Waals surface area contributed by atoms with Crippen molar-refractivity contribution in [1.82, 2.24) is 15.2 Å². The van der Waals surface area contributed by atoms with Crippen molar-refractivity contribution in [3.8, 4) is 0 Å². The maximum atomic E-state index is 13.2. The number of pyridine rings is 1. The number of nitrogens with one attached hydrogen (secondary N) is 2. The molecule has 2 N–H and O–H groups in total. The monoisotopic (exact) mass is 374 g/mol. The van der Waals surface area contributed by atoms with Crippen molar-refractivity contribution in [2.45, 2.75) is 32.1 Å². The molecular weight excluding hydrogens is 355 g/mol. The van der Waals surface area contributed by atoms with Crippen molar-refractivity contribution in [2.24, 2.45) is 0 Å². The Morgan fingerprint density at radius 3 is 2.82 bits per heavy atom. The lowest BCUT2D eigenvalue weighted by atomic mass is 9.91. The lowest BCUT2D eigenvalue weighted by Crippen LogP contribution is -2.15. The van der Waals surface area contributed by atoms with Gasteiger partial charge < -0.3 is 5.32 Å². The van der Waals surface area contributed by atoms with Gasteiger partial charge >= 0.3 is 0 Å². The summed E-state index contributed by atoms with van der Waals surface area (Å²) < 4.78 is 13.2. The van der Waals surface area contributed by atoms with E-state index in [0.29, 0.717) is 11.4 Å². The minimum atomic E-state index is -0.239. The van der Waals surface area contributed by atoms with Crippen LogP contribution >= 0.6 is 0 Å². The number of allylic oxidation sites excluding steroid dienone is 1. The fourth-order valence-electron chi connectivity index (χ4n) is 4.01. The van der Waals surface area contributed by atoms with Crippen LogP contribution in [0.2, 0.25) is 0 Å². The van der Waals surface area contributed by atoms with Gasteiger partial charge in [0.2, 0.25) is 0 Å². The molecule has 28 heavy (non-hydrogen) atoms. The van der Waals surface area contributed by atoms with Gasteiger partial charge in [0.15, 0.2) is 5.69 Å². The number of aromatic amines is 1. The van der Waals surface area contributed by atoms with Gasteiger partial charge in [-0.15, -0.1) is 0 Å². The average Bonchev–Trinajstić information content (AvgIpc) is 3.32. The van der Waals surface area contributed by atoms with Gasteiger partial charge in [0.05, 0.1) is 11.9 Å². The molecule has 0 aliphatic heterocycles. The number of H-pyrrole nitrogens is 1. The summed E-state index contributed by atoms with van der Waals surface area (Å²) in [7, 11) is 0. The molecule has 2 heterocycles. The van der Waals surface area contributed by atoms with Crippen molar-refractivity contribution >= 4 is 23.2 Å². The van der Waals surface area contributed by atoms with Crippen LogP contribution in [-0.2, 0) is 19.3 Å². The maximum absolute atomic E-state index is 13.2. The number of hydrogen-bond acceptors (Lipinski definition) is 3. The predicted octanol–water partition coefficient (Wildman–Crippen LogP) is 4.17. The first-order valence-electron chi connectivity index (χ1n) is 9.50. The average molecular weight is 374 g/mol. The predicted molar refractivity (Wildman–Crippen MR) is 105 cm³/mol. The van der Waals surface area contributed by atoms with Crippen LogP contribution in [0.5, 0.6) is 0 Å². The largest absolute Gasteiger partial charge is 0.319 e. The second-order valence-corrected chi connectivity index (χ2v) is 7.27. The molecule has 0 fully saturated rings. The number of rotatable bonds is 3. The number of halogens is 1. The molecule has 0 spiro atoms. The summed E-state index contributed by atoms with van der Waals surface area (Å²) in [5.41, 5.74) is 7.36. The summed E-state index contributed by atoms with van der Waals surface area (Å²) in [5.74, 6) is -0.447. The molecule has 6 heteroatoms. The van der Waals surface area contributed by atoms with Gasteiger partial charge in [0, 0.05) is 17.0 Å². The number of fused-ring (bicyclic) bond motifs is 2. The van der Waals surface area contributed by atoms with Gasteiger partial charge in [-0.2, -0.15) is 5.10 Å². The molecule has 140 valence electrons. The molecule has 0 atom stereocenters. The van der Waals surface area contributed by atoms with Crippen LogP contribution < -0.4 is 5.32 Å². The molecule has 0 unspecified atom stereocenters. The Hall–Kier alpha value is -3.28. The first-order valence-corrected chi connectivity index (χ1v) is 9.50. The highest BCUT2D eigenvalue weighted by Crippen LogP contribution is 2.31. The number of benzene rings is 1. The second kappa shape index (κ2) is 6.71. The third-order valence-electron chi connectivity index (χ3n) is 5.46. The summed E-state index contributed by atoms with van der Waals surface area (Å²) in [6, 6.07) is 8.48. The standard InChI is InChI=1S/C22H19FN4O/c23-16-7-4-13(5-8-16)14-6-9-19-15(10-14)11-17(12-24-19)25-22(28)21-18-2-1-3-20(18)26-27-21/h4-5,7-8,10-12H,1-3,6,9H2,(H,25,28)(H,26,27). The van der Waals surface area contributed by atoms with E-state index >= 15 is 0 Å². The first-order chi connectivity index (χ1) is 13.7. The van der Waals surface area contributed by atoms with Crippen molar-refractivity contribution in [3.05, 3.63) is 76.1 Å². The van der Waals surface area contributed by atoms with E-state index in [9.17, 15) is 9.18 Å². The normalized spacial score (nSPS) is 15.0. The molecule has 0 bridgehead atoms. The highest BCUT2D eigenvalue weighted by molar-refractivity contribution is 6.04. The SMILES string of the molecule is O=C(Nc1cnc2c(c1)C=C(c1ccc(F)cc1)CC2)c1n[nH]c2c1CCC2. The van der Waals surface area contributed by atoms with E-state index in [1.54, 1.807) is 18.3 Å². The lowest BCUT2D eigenvalue weighted by molar-refractivity contribution is 0.102. The molecule has 5 rings (SSSR count). The highest BCUT2D eigenvalue weighted by atomic mass is 19.1. The van der Waals surface area contributed by atoms with E-state index in [-0.39, 0.29) is 11.7 Å². The van der Waals surface area contributed by atoms with Crippen molar-refractivity contribution in [2.75, 3.05) is 5.32 Å². The molecule has 1 aromatic carbocycles. The third kappa shape index (κ3) is 3.01. The molecule has 2 aliphatic carbocycles. The number of anilines is 1. The number of amides is 1. The molecule has 3 aromatic rings. The van der Waals surface area contributed by atoms with Crippen LogP contribution in [-0.4, -0.2) is 21.1 Å². The molecule has 5 nitrogen and oxygen atoms in total. The van der Waals surface area contributed by atoms with Gasteiger partial charge in [-0.05, 0) is 73.1 Å². The van der Waals surface area contributed by atoms with Crippen LogP contribution in [0.25, 0.3) is 11.6 Å². The number of nitrogens with zero attached hydrogens (tertiary/aromatic N) is 2. The molecule has 2 aliphatic rings. The van der Waals surface area contributed by atoms with E-state index < -0.39 is 0 Å². The zero-order valence-electron chi connectivity index (χ0n) is 15.3. The molecule has 2 aromatic heterocycles. The van der Waals surface area contributed by atoms with E-state index in [1.165, 1.54) is 12.1 Å². The maximum Gasteiger partial charge on any atom is 0.276 e. The van der Waals surface area contributed by atoms with E-state index in [0.717, 1.165) is 65.8 Å². The number of hydrogen-bond donors (Lipinski definition) is 2. The van der Waals surface area contributed by atoms with E-state index in [4.69, 9.17) is 0 Å². The molecule has 0 saturated carbocycles. The first kappa shape index (κ1) is 16.9. The van der Waals surface area contributed by atoms with Crippen LogP contribution in [0.4, 0.5) is 10.1 Å². The van der Waals surface area contributed by atoms with E-state index in [2.05, 4.69) is 26.6 Å². The number of aryl methyl sites for hydroxylation is 2. The van der Waals surface area contributed by atoms with Crippen LogP contribution in [0.3, 0.4) is 0 Å². The molecule has 1 amide bonds. The lowest BCUT2D eigenvalue weighted by Gasteiger charge is -2.17. The molecule has 0 saturated heterocycles. The Bertz CT molecular complexity index is 1100. The summed E-state index contributed by atoms with van der Waals surface area (Å²) in [4.78, 5) is 17.2. The molecule has 0 radical (unpaired) electrons. The zero-order chi connectivity index (χ0) is 19.1. The quantitative estimate of drug-likeness (QED) is 0.723. The topological polar surface area (TPSA) is 70.7 Å². The highest BCUT2D eigenvalue weighted by Gasteiger charge is 2.23. The summed E-state index contributed by atoms with van der Waals surface area (Å²) in [6.45, 7) is 0. The second-order valence-electron chi connectivity index (χ2n) is 7.27. The minimum absolute atomic E-state index is 0.209. The number of carbonyl (C=O) groups is 1. The fraction of sp³-hybridized carbons (Fsp3) is 0.227. The van der Waals surface area contributed by atoms with Gasteiger partial charge in [-0.1, -0.05) is 12.1 Å². The smallest absolute Gasteiger partial charge is 0.276 e. The van der Waals surface area contributed by atoms with E-state index in [1.807, 2.05) is 6.07 Å². The summed E-state index contributed by atoms with van der Waals surface area (Å²) in [6.07, 6.45) is 8.34. The molecular formula is C22H19FN4O. The van der Waals surface area contributed by atoms with Crippen LogP contribution in [0, 0.1) is 5.82 Å². The Morgan fingerprint density at radius 1 is 1.11 bits per heavy atom. The number of aromatic nitrogens is 3. The van der Waals surface area contributed by atoms with Gasteiger partial charge in [-0.25, -0.2) is 4.39 Å². The van der Waals surface area contributed by atoms with Crippen molar-refractivity contribution in [1.29, 1.82) is 0 Å². The minimum Gasteiger partial charge on any atom is -0.319 e. The van der Waals surface area contributed by atoms with Gasteiger partial charge in [0.1, 0.15) is 5.82 Å². The summed E-state index contributed by atoms with van der Waals surface area (Å²) >= 11 is 0. The fourth-order valence-corrected chi connectivity index (χ4v) is 4.01. The van der Waals surface area contributed by atoms with Crippen LogP contribution in [0.1, 0.15) is 51.4 Å².